The first-order valence-corrected chi connectivity index (χ1v) is 8.53. The number of halogens is 1. The minimum absolute atomic E-state index is 0.105. The Morgan fingerprint density at radius 1 is 1.04 bits per heavy atom. The Kier molecular flexibility index (Phi) is 4.50. The van der Waals surface area contributed by atoms with E-state index in [-0.39, 0.29) is 6.61 Å². The van der Waals surface area contributed by atoms with Gasteiger partial charge in [-0.05, 0) is 35.7 Å². The van der Waals surface area contributed by atoms with E-state index in [1.54, 1.807) is 10.6 Å². The Labute approximate surface area is 149 Å². The summed E-state index contributed by atoms with van der Waals surface area (Å²) >= 11 is 0. The Balaban J connectivity index is 1.78. The number of benzene rings is 2. The lowest BCUT2D eigenvalue weighted by molar-refractivity contribution is -0.209. The molecule has 6 heteroatoms. The predicted octanol–water partition coefficient (Wildman–Crippen LogP) is 1.98. The van der Waals surface area contributed by atoms with Gasteiger partial charge in [0.05, 0.1) is 12.1 Å². The lowest BCUT2D eigenvalue weighted by Crippen LogP contribution is -2.50. The van der Waals surface area contributed by atoms with Crippen LogP contribution >= 0.6 is 0 Å². The second kappa shape index (κ2) is 6.81. The maximum atomic E-state index is 13.8. The van der Waals surface area contributed by atoms with Crippen LogP contribution in [0.3, 0.4) is 0 Å². The van der Waals surface area contributed by atoms with Crippen LogP contribution in [0.15, 0.2) is 54.7 Å². The van der Waals surface area contributed by atoms with Gasteiger partial charge in [0.15, 0.2) is 6.23 Å². The van der Waals surface area contributed by atoms with E-state index in [1.165, 1.54) is 12.1 Å². The number of fused-ring (bicyclic) bond motifs is 1. The highest BCUT2D eigenvalue weighted by atomic mass is 19.1. The van der Waals surface area contributed by atoms with Crippen molar-refractivity contribution < 1.29 is 24.4 Å². The molecule has 0 aliphatic carbocycles. The Morgan fingerprint density at radius 3 is 2.58 bits per heavy atom. The minimum Gasteiger partial charge on any atom is -0.388 e. The fourth-order valence-electron chi connectivity index (χ4n) is 3.50. The molecule has 0 amide bonds. The van der Waals surface area contributed by atoms with Gasteiger partial charge < -0.3 is 24.6 Å². The van der Waals surface area contributed by atoms with Crippen LogP contribution in [0.2, 0.25) is 0 Å². The summed E-state index contributed by atoms with van der Waals surface area (Å²) in [6.07, 6.45) is -2.23. The van der Waals surface area contributed by atoms with Crippen LogP contribution in [0.5, 0.6) is 0 Å². The van der Waals surface area contributed by atoms with Crippen molar-refractivity contribution in [2.24, 2.45) is 0 Å². The second-order valence-corrected chi connectivity index (χ2v) is 6.66. The summed E-state index contributed by atoms with van der Waals surface area (Å²) in [7, 11) is 0. The average Bonchev–Trinajstić information content (AvgIpc) is 2.98. The standard InChI is InChI=1S/C20H20FNO4/c21-14-6-7-15-13(8-12-4-2-1-3-5-12)10-22(16(15)9-14)20-19(25)18(24)17(23)11-26-20/h1-7,9-10,17-20,23-25H,8,11H2/t17-,18+,19-,20-/m1/s1. The highest BCUT2D eigenvalue weighted by molar-refractivity contribution is 5.84. The van der Waals surface area contributed by atoms with Gasteiger partial charge in [-0.25, -0.2) is 4.39 Å². The molecule has 26 heavy (non-hydrogen) atoms. The molecule has 1 aromatic heterocycles. The van der Waals surface area contributed by atoms with E-state index in [0.717, 1.165) is 16.5 Å². The molecule has 4 rings (SSSR count). The molecule has 5 nitrogen and oxygen atoms in total. The monoisotopic (exact) mass is 357 g/mol. The number of nitrogens with zero attached hydrogens (tertiary/aromatic N) is 1. The molecule has 0 bridgehead atoms. The first-order chi connectivity index (χ1) is 12.5. The zero-order valence-corrected chi connectivity index (χ0v) is 14.0. The minimum atomic E-state index is -1.32. The van der Waals surface area contributed by atoms with E-state index in [2.05, 4.69) is 0 Å². The van der Waals surface area contributed by atoms with Crippen molar-refractivity contribution in [1.82, 2.24) is 4.57 Å². The molecule has 1 aliphatic rings. The molecule has 0 saturated carbocycles. The van der Waals surface area contributed by atoms with Crippen molar-refractivity contribution in [2.75, 3.05) is 6.61 Å². The van der Waals surface area contributed by atoms with Gasteiger partial charge in [0.2, 0.25) is 0 Å². The Morgan fingerprint density at radius 2 is 1.81 bits per heavy atom. The van der Waals surface area contributed by atoms with Gasteiger partial charge in [-0.1, -0.05) is 30.3 Å². The molecule has 2 aromatic carbocycles. The van der Waals surface area contributed by atoms with Crippen LogP contribution in [-0.2, 0) is 11.2 Å². The van der Waals surface area contributed by atoms with Crippen LogP contribution in [0, 0.1) is 5.82 Å². The quantitative estimate of drug-likeness (QED) is 0.670. The van der Waals surface area contributed by atoms with E-state index < -0.39 is 30.4 Å². The lowest BCUT2D eigenvalue weighted by atomic mass is 10.0. The van der Waals surface area contributed by atoms with E-state index in [9.17, 15) is 19.7 Å². The van der Waals surface area contributed by atoms with Crippen LogP contribution in [0.4, 0.5) is 4.39 Å². The van der Waals surface area contributed by atoms with Crippen molar-refractivity contribution in [3.63, 3.8) is 0 Å². The molecule has 4 atom stereocenters. The molecule has 136 valence electrons. The van der Waals surface area contributed by atoms with Crippen molar-refractivity contribution in [3.8, 4) is 0 Å². The zero-order chi connectivity index (χ0) is 18.3. The molecule has 3 aromatic rings. The molecule has 2 heterocycles. The molecule has 1 saturated heterocycles. The van der Waals surface area contributed by atoms with E-state index in [4.69, 9.17) is 4.74 Å². The van der Waals surface area contributed by atoms with Gasteiger partial charge in [0, 0.05) is 11.6 Å². The van der Waals surface area contributed by atoms with Crippen LogP contribution in [-0.4, -0.2) is 44.8 Å². The van der Waals surface area contributed by atoms with Gasteiger partial charge in [-0.2, -0.15) is 0 Å². The molecule has 0 spiro atoms. The van der Waals surface area contributed by atoms with Crippen molar-refractivity contribution in [3.05, 3.63) is 71.7 Å². The van der Waals surface area contributed by atoms with Crippen LogP contribution in [0.1, 0.15) is 17.4 Å². The molecular formula is C20H20FNO4. The van der Waals surface area contributed by atoms with Gasteiger partial charge >= 0.3 is 0 Å². The third-order valence-electron chi connectivity index (χ3n) is 4.86. The average molecular weight is 357 g/mol. The van der Waals surface area contributed by atoms with Gasteiger partial charge in [0.25, 0.3) is 0 Å². The number of aliphatic hydroxyl groups excluding tert-OH is 3. The summed E-state index contributed by atoms with van der Waals surface area (Å²) < 4.78 is 21.0. The third-order valence-corrected chi connectivity index (χ3v) is 4.86. The molecule has 0 unspecified atom stereocenters. The van der Waals surface area contributed by atoms with Crippen LogP contribution in [0.25, 0.3) is 10.9 Å². The van der Waals surface area contributed by atoms with Crippen LogP contribution < -0.4 is 0 Å². The topological polar surface area (TPSA) is 74.9 Å². The molecule has 1 aliphatic heterocycles. The molecule has 0 radical (unpaired) electrons. The summed E-state index contributed by atoms with van der Waals surface area (Å²) in [4.78, 5) is 0. The molecule has 1 fully saturated rings. The summed E-state index contributed by atoms with van der Waals surface area (Å²) in [5, 5.41) is 30.8. The SMILES string of the molecule is O[C@@H]1[C@@H](O)[C@H](n2cc(Cc3ccccc3)c3ccc(F)cc32)OC[C@H]1O. The first kappa shape index (κ1) is 17.2. The van der Waals surface area contributed by atoms with Crippen molar-refractivity contribution in [1.29, 1.82) is 0 Å². The number of ether oxygens (including phenoxy) is 1. The number of hydrogen-bond acceptors (Lipinski definition) is 4. The number of rotatable bonds is 3. The lowest BCUT2D eigenvalue weighted by Gasteiger charge is -2.36. The normalized spacial score (nSPS) is 26.3. The van der Waals surface area contributed by atoms with Gasteiger partial charge in [-0.15, -0.1) is 0 Å². The smallest absolute Gasteiger partial charge is 0.162 e. The fraction of sp³-hybridized carbons (Fsp3) is 0.300. The number of hydrogen-bond donors (Lipinski definition) is 3. The highest BCUT2D eigenvalue weighted by Gasteiger charge is 2.39. The Hall–Kier alpha value is -2.25. The summed E-state index contributed by atoms with van der Waals surface area (Å²) in [6, 6.07) is 14.4. The predicted molar refractivity (Wildman–Crippen MR) is 94.2 cm³/mol. The summed E-state index contributed by atoms with van der Waals surface area (Å²) in [5.74, 6) is -0.394. The summed E-state index contributed by atoms with van der Waals surface area (Å²) in [5.41, 5.74) is 2.64. The van der Waals surface area contributed by atoms with E-state index in [1.807, 2.05) is 36.5 Å². The zero-order valence-electron chi connectivity index (χ0n) is 14.0. The molecule has 3 N–H and O–H groups in total. The van der Waals surface area contributed by atoms with Gasteiger partial charge in [-0.3, -0.25) is 0 Å². The summed E-state index contributed by atoms with van der Waals surface area (Å²) in [6.45, 7) is -0.105. The van der Waals surface area contributed by atoms with E-state index in [0.29, 0.717) is 11.9 Å². The maximum Gasteiger partial charge on any atom is 0.162 e. The van der Waals surface area contributed by atoms with Crippen molar-refractivity contribution in [2.45, 2.75) is 31.0 Å². The Bertz CT molecular complexity index is 911. The second-order valence-electron chi connectivity index (χ2n) is 6.66. The van der Waals surface area contributed by atoms with E-state index >= 15 is 0 Å². The van der Waals surface area contributed by atoms with Gasteiger partial charge in [0.1, 0.15) is 24.1 Å². The fourth-order valence-corrected chi connectivity index (χ4v) is 3.50. The maximum absolute atomic E-state index is 13.8. The number of aliphatic hydroxyl groups is 3. The largest absolute Gasteiger partial charge is 0.388 e. The molecular weight excluding hydrogens is 337 g/mol. The van der Waals surface area contributed by atoms with Crippen molar-refractivity contribution >= 4 is 10.9 Å². The number of aromatic nitrogens is 1. The highest BCUT2D eigenvalue weighted by Crippen LogP contribution is 2.32. The first-order valence-electron chi connectivity index (χ1n) is 8.53. The third kappa shape index (κ3) is 3.01.